The van der Waals surface area contributed by atoms with Crippen molar-refractivity contribution in [3.63, 3.8) is 0 Å². The monoisotopic (exact) mass is 315 g/mol. The molecule has 1 aliphatic rings. The summed E-state index contributed by atoms with van der Waals surface area (Å²) < 4.78 is 5.21. The van der Waals surface area contributed by atoms with Crippen LogP contribution in [0.3, 0.4) is 0 Å². The Morgan fingerprint density at radius 1 is 1.00 bits per heavy atom. The third kappa shape index (κ3) is 4.12. The van der Waals surface area contributed by atoms with Crippen LogP contribution in [0.15, 0.2) is 60.7 Å². The smallest absolute Gasteiger partial charge is 0.118 e. The van der Waals surface area contributed by atoms with E-state index in [0.717, 1.165) is 31.8 Å². The lowest BCUT2D eigenvalue weighted by Crippen LogP contribution is -2.27. The number of halogens is 1. The maximum atomic E-state index is 5.21. The zero-order valence-electron chi connectivity index (χ0n) is 12.9. The zero-order valence-corrected chi connectivity index (χ0v) is 13.7. The minimum absolute atomic E-state index is 0. The number of ether oxygens (including phenoxy) is 1. The van der Waals surface area contributed by atoms with Crippen LogP contribution >= 0.6 is 12.4 Å². The molecule has 0 saturated carbocycles. The van der Waals surface area contributed by atoms with Crippen molar-refractivity contribution in [1.29, 1.82) is 0 Å². The highest BCUT2D eigenvalue weighted by atomic mass is 35.5. The lowest BCUT2D eigenvalue weighted by atomic mass is 9.99. The first-order chi connectivity index (χ1) is 10.3. The Morgan fingerprint density at radius 2 is 1.73 bits per heavy atom. The van der Waals surface area contributed by atoms with Crippen LogP contribution in [0.25, 0.3) is 5.57 Å². The number of hydrogen-bond donors (Lipinski definition) is 0. The third-order valence-corrected chi connectivity index (χ3v) is 4.00. The van der Waals surface area contributed by atoms with E-state index in [1.54, 1.807) is 7.11 Å². The lowest BCUT2D eigenvalue weighted by molar-refractivity contribution is 0.294. The number of benzene rings is 2. The molecule has 116 valence electrons. The quantitative estimate of drug-likeness (QED) is 0.829. The predicted molar refractivity (Wildman–Crippen MR) is 94.6 cm³/mol. The molecule has 0 aliphatic carbocycles. The van der Waals surface area contributed by atoms with Crippen LogP contribution in [0.2, 0.25) is 0 Å². The van der Waals surface area contributed by atoms with Crippen molar-refractivity contribution >= 4 is 18.0 Å². The van der Waals surface area contributed by atoms with Gasteiger partial charge >= 0.3 is 0 Å². The van der Waals surface area contributed by atoms with Gasteiger partial charge in [-0.3, -0.25) is 4.90 Å². The summed E-state index contributed by atoms with van der Waals surface area (Å²) in [7, 11) is 1.70. The molecule has 0 aromatic heterocycles. The summed E-state index contributed by atoms with van der Waals surface area (Å²) in [4.78, 5) is 2.49. The summed E-state index contributed by atoms with van der Waals surface area (Å²) in [6, 6.07) is 19.1. The Hall–Kier alpha value is -1.77. The molecule has 0 saturated heterocycles. The van der Waals surface area contributed by atoms with Gasteiger partial charge in [0.05, 0.1) is 7.11 Å². The molecule has 2 nitrogen and oxygen atoms in total. The topological polar surface area (TPSA) is 12.5 Å². The van der Waals surface area contributed by atoms with E-state index in [1.165, 1.54) is 16.7 Å². The van der Waals surface area contributed by atoms with Crippen molar-refractivity contribution < 1.29 is 4.74 Å². The molecule has 0 fully saturated rings. The molecule has 2 aromatic rings. The van der Waals surface area contributed by atoms with E-state index in [0.29, 0.717) is 0 Å². The van der Waals surface area contributed by atoms with Gasteiger partial charge in [0, 0.05) is 19.6 Å². The largest absolute Gasteiger partial charge is 0.497 e. The summed E-state index contributed by atoms with van der Waals surface area (Å²) >= 11 is 0. The fourth-order valence-electron chi connectivity index (χ4n) is 2.76. The summed E-state index contributed by atoms with van der Waals surface area (Å²) in [6.45, 7) is 3.18. The van der Waals surface area contributed by atoms with Gasteiger partial charge in [0.2, 0.25) is 0 Å². The van der Waals surface area contributed by atoms with Crippen molar-refractivity contribution in [1.82, 2.24) is 4.90 Å². The summed E-state index contributed by atoms with van der Waals surface area (Å²) in [6.07, 6.45) is 3.47. The van der Waals surface area contributed by atoms with Gasteiger partial charge in [-0.15, -0.1) is 12.4 Å². The standard InChI is InChI=1S/C19H21NO.ClH/c1-21-19-9-7-17(8-10-19)18-11-13-20(14-12-18)15-16-5-3-2-4-6-16;/h2-11H,12-15H2,1H3;1H. The Bertz CT molecular complexity index is 607. The summed E-state index contributed by atoms with van der Waals surface area (Å²) in [5.41, 5.74) is 4.15. The van der Waals surface area contributed by atoms with Crippen LogP contribution < -0.4 is 4.74 Å². The number of rotatable bonds is 4. The Kier molecular flexibility index (Phi) is 6.05. The lowest BCUT2D eigenvalue weighted by Gasteiger charge is -2.26. The number of hydrogen-bond acceptors (Lipinski definition) is 2. The van der Waals surface area contributed by atoms with Crippen LogP contribution in [0.5, 0.6) is 5.75 Å². The molecule has 0 N–H and O–H groups in total. The van der Waals surface area contributed by atoms with Crippen molar-refractivity contribution in [2.75, 3.05) is 20.2 Å². The van der Waals surface area contributed by atoms with E-state index < -0.39 is 0 Å². The second-order valence-electron chi connectivity index (χ2n) is 5.43. The normalized spacial score (nSPS) is 14.9. The first-order valence-electron chi connectivity index (χ1n) is 7.45. The molecule has 0 bridgehead atoms. The van der Waals surface area contributed by atoms with Gasteiger partial charge in [-0.25, -0.2) is 0 Å². The van der Waals surface area contributed by atoms with E-state index in [2.05, 4.69) is 53.4 Å². The van der Waals surface area contributed by atoms with Gasteiger partial charge < -0.3 is 4.74 Å². The molecule has 3 heteroatoms. The highest BCUT2D eigenvalue weighted by Gasteiger charge is 2.13. The minimum Gasteiger partial charge on any atom is -0.497 e. The maximum absolute atomic E-state index is 5.21. The minimum atomic E-state index is 0. The Balaban J connectivity index is 0.00000176. The maximum Gasteiger partial charge on any atom is 0.118 e. The predicted octanol–water partition coefficient (Wildman–Crippen LogP) is 4.41. The third-order valence-electron chi connectivity index (χ3n) is 4.00. The second-order valence-corrected chi connectivity index (χ2v) is 5.43. The van der Waals surface area contributed by atoms with Crippen molar-refractivity contribution in [3.8, 4) is 5.75 Å². The molecule has 22 heavy (non-hydrogen) atoms. The van der Waals surface area contributed by atoms with Crippen molar-refractivity contribution in [2.24, 2.45) is 0 Å². The average molecular weight is 316 g/mol. The fraction of sp³-hybridized carbons (Fsp3) is 0.263. The molecule has 0 spiro atoms. The van der Waals surface area contributed by atoms with E-state index in [1.807, 2.05) is 12.1 Å². The molecule has 0 radical (unpaired) electrons. The van der Waals surface area contributed by atoms with E-state index in [-0.39, 0.29) is 12.4 Å². The molecule has 0 unspecified atom stereocenters. The van der Waals surface area contributed by atoms with E-state index in [4.69, 9.17) is 4.74 Å². The van der Waals surface area contributed by atoms with Gasteiger partial charge in [-0.05, 0) is 35.3 Å². The highest BCUT2D eigenvalue weighted by Crippen LogP contribution is 2.24. The molecule has 3 rings (SSSR count). The summed E-state index contributed by atoms with van der Waals surface area (Å²) in [5, 5.41) is 0. The number of methoxy groups -OCH3 is 1. The van der Waals surface area contributed by atoms with Gasteiger partial charge in [-0.2, -0.15) is 0 Å². The Labute approximate surface area is 138 Å². The van der Waals surface area contributed by atoms with Crippen molar-refractivity contribution in [3.05, 3.63) is 71.8 Å². The highest BCUT2D eigenvalue weighted by molar-refractivity contribution is 5.85. The van der Waals surface area contributed by atoms with E-state index >= 15 is 0 Å². The Morgan fingerprint density at radius 3 is 2.32 bits per heavy atom. The number of nitrogens with zero attached hydrogens (tertiary/aromatic N) is 1. The fourth-order valence-corrected chi connectivity index (χ4v) is 2.76. The average Bonchev–Trinajstić information content (AvgIpc) is 2.57. The van der Waals surface area contributed by atoms with Gasteiger partial charge in [-0.1, -0.05) is 48.5 Å². The molecule has 1 aliphatic heterocycles. The van der Waals surface area contributed by atoms with Crippen molar-refractivity contribution in [2.45, 2.75) is 13.0 Å². The van der Waals surface area contributed by atoms with Crippen LogP contribution in [0.1, 0.15) is 17.5 Å². The van der Waals surface area contributed by atoms with Crippen LogP contribution in [0.4, 0.5) is 0 Å². The molecule has 0 atom stereocenters. The molecular weight excluding hydrogens is 294 g/mol. The molecule has 2 aromatic carbocycles. The van der Waals surface area contributed by atoms with Gasteiger partial charge in [0.1, 0.15) is 5.75 Å². The molecule has 0 amide bonds. The summed E-state index contributed by atoms with van der Waals surface area (Å²) in [5.74, 6) is 0.917. The first-order valence-corrected chi connectivity index (χ1v) is 7.45. The van der Waals surface area contributed by atoms with Crippen LogP contribution in [-0.4, -0.2) is 25.1 Å². The van der Waals surface area contributed by atoms with Gasteiger partial charge in [0.15, 0.2) is 0 Å². The van der Waals surface area contributed by atoms with Crippen LogP contribution in [-0.2, 0) is 6.54 Å². The molecule has 1 heterocycles. The first kappa shape index (κ1) is 16.6. The second kappa shape index (κ2) is 8.02. The van der Waals surface area contributed by atoms with Gasteiger partial charge in [0.25, 0.3) is 0 Å². The van der Waals surface area contributed by atoms with Crippen LogP contribution in [0, 0.1) is 0 Å². The van der Waals surface area contributed by atoms with E-state index in [9.17, 15) is 0 Å². The SMILES string of the molecule is COc1ccc(C2=CCN(Cc3ccccc3)CC2)cc1.Cl. The molecular formula is C19H22ClNO. The zero-order chi connectivity index (χ0) is 14.5.